The normalized spacial score (nSPS) is 19.3. The highest BCUT2D eigenvalue weighted by Crippen LogP contribution is 2.37. The lowest BCUT2D eigenvalue weighted by atomic mass is 10.1. The highest BCUT2D eigenvalue weighted by atomic mass is 35.5. The first-order valence-corrected chi connectivity index (χ1v) is 15.8. The number of amides is 3. The summed E-state index contributed by atoms with van der Waals surface area (Å²) in [5.74, 6) is 2.25. The molecule has 0 radical (unpaired) electrons. The fraction of sp³-hybridized carbons (Fsp3) is 0.515. The molecule has 0 N–H and O–H groups in total. The molecule has 0 spiro atoms. The Hall–Kier alpha value is -3.43. The van der Waals surface area contributed by atoms with Gasteiger partial charge in [0.25, 0.3) is 0 Å². The van der Waals surface area contributed by atoms with Crippen LogP contribution in [0.3, 0.4) is 0 Å². The third-order valence-corrected chi connectivity index (χ3v) is 9.19. The molecule has 0 bridgehead atoms. The van der Waals surface area contributed by atoms with Crippen LogP contribution in [0.2, 0.25) is 5.02 Å². The van der Waals surface area contributed by atoms with E-state index in [9.17, 15) is 9.59 Å². The topological polar surface area (TPSA) is 76.5 Å². The number of methoxy groups -OCH3 is 1. The van der Waals surface area contributed by atoms with Crippen LogP contribution in [0.25, 0.3) is 10.9 Å². The monoisotopic (exact) mass is 608 g/mol. The van der Waals surface area contributed by atoms with Crippen LogP contribution in [-0.4, -0.2) is 78.9 Å². The number of urea groups is 1. The van der Waals surface area contributed by atoms with Gasteiger partial charge < -0.3 is 28.6 Å². The minimum atomic E-state index is -0.0568. The molecule has 3 heterocycles. The minimum Gasteiger partial charge on any atom is -0.493 e. The zero-order valence-electron chi connectivity index (χ0n) is 25.1. The molecule has 1 aliphatic carbocycles. The summed E-state index contributed by atoms with van der Waals surface area (Å²) in [6.07, 6.45) is 7.55. The van der Waals surface area contributed by atoms with Crippen LogP contribution in [0, 0.1) is 5.92 Å². The van der Waals surface area contributed by atoms with Crippen molar-refractivity contribution in [1.29, 1.82) is 0 Å². The zero-order valence-corrected chi connectivity index (χ0v) is 25.9. The van der Waals surface area contributed by atoms with Crippen LogP contribution < -0.4 is 14.4 Å². The summed E-state index contributed by atoms with van der Waals surface area (Å²) >= 11 is 6.78. The Morgan fingerprint density at radius 2 is 1.88 bits per heavy atom. The van der Waals surface area contributed by atoms with Crippen LogP contribution in [0.5, 0.6) is 11.5 Å². The van der Waals surface area contributed by atoms with E-state index in [-0.39, 0.29) is 24.5 Å². The van der Waals surface area contributed by atoms with Crippen molar-refractivity contribution in [1.82, 2.24) is 14.4 Å². The van der Waals surface area contributed by atoms with Crippen LogP contribution in [0.4, 0.5) is 10.5 Å². The number of morpholine rings is 1. The van der Waals surface area contributed by atoms with Gasteiger partial charge in [0.1, 0.15) is 6.54 Å². The van der Waals surface area contributed by atoms with Crippen LogP contribution in [0.1, 0.15) is 44.6 Å². The largest absolute Gasteiger partial charge is 0.493 e. The van der Waals surface area contributed by atoms with E-state index in [0.717, 1.165) is 40.9 Å². The first-order valence-electron chi connectivity index (χ1n) is 15.4. The lowest BCUT2D eigenvalue weighted by Gasteiger charge is -2.40. The van der Waals surface area contributed by atoms with Gasteiger partial charge in [-0.05, 0) is 55.9 Å². The summed E-state index contributed by atoms with van der Waals surface area (Å²) in [6.45, 7) is 6.30. The summed E-state index contributed by atoms with van der Waals surface area (Å²) in [6, 6.07) is 11.7. The molecule has 9 nitrogen and oxygen atoms in total. The van der Waals surface area contributed by atoms with Crippen LogP contribution in [0.15, 0.2) is 42.6 Å². The summed E-state index contributed by atoms with van der Waals surface area (Å²) in [4.78, 5) is 32.5. The van der Waals surface area contributed by atoms with Gasteiger partial charge in [-0.25, -0.2) is 4.79 Å². The fourth-order valence-electron chi connectivity index (χ4n) is 6.16. The third kappa shape index (κ3) is 6.58. The molecule has 1 aromatic heterocycles. The summed E-state index contributed by atoms with van der Waals surface area (Å²) in [7, 11) is 1.64. The van der Waals surface area contributed by atoms with Gasteiger partial charge in [-0.3, -0.25) is 9.69 Å². The van der Waals surface area contributed by atoms with E-state index in [1.54, 1.807) is 7.11 Å². The van der Waals surface area contributed by atoms with Gasteiger partial charge in [0.05, 0.1) is 37.5 Å². The average molecular weight is 609 g/mol. The Balaban J connectivity index is 1.19. The smallest absolute Gasteiger partial charge is 0.325 e. The Kier molecular flexibility index (Phi) is 9.00. The Morgan fingerprint density at radius 1 is 1.07 bits per heavy atom. The van der Waals surface area contributed by atoms with E-state index in [1.165, 1.54) is 19.3 Å². The Labute approximate surface area is 258 Å². The SMILES string of the molecule is COc1ccc(N2CC[C@H](C)N(Cc3cccc4c3c(Cl)cn4CC(=O)N3CCOCC3)C2=O)cc1OCCCC1CC1. The number of fused-ring (bicyclic) bond motifs is 1. The Morgan fingerprint density at radius 3 is 2.65 bits per heavy atom. The van der Waals surface area contributed by atoms with Crippen molar-refractivity contribution < 1.29 is 23.8 Å². The molecule has 10 heteroatoms. The predicted molar refractivity (Wildman–Crippen MR) is 167 cm³/mol. The number of anilines is 1. The number of hydrogen-bond acceptors (Lipinski definition) is 5. The van der Waals surface area contributed by atoms with Gasteiger partial charge in [0, 0.05) is 55.6 Å². The maximum absolute atomic E-state index is 14.0. The van der Waals surface area contributed by atoms with Gasteiger partial charge in [0.2, 0.25) is 5.91 Å². The quantitative estimate of drug-likeness (QED) is 0.251. The molecule has 2 aliphatic heterocycles. The molecule has 1 saturated carbocycles. The molecule has 0 unspecified atom stereocenters. The van der Waals surface area contributed by atoms with E-state index in [4.69, 9.17) is 25.8 Å². The van der Waals surface area contributed by atoms with E-state index >= 15 is 0 Å². The molecular weight excluding hydrogens is 568 g/mol. The van der Waals surface area contributed by atoms with Crippen LogP contribution in [-0.2, 0) is 22.6 Å². The lowest BCUT2D eigenvalue weighted by molar-refractivity contribution is -0.135. The molecule has 6 rings (SSSR count). The molecule has 3 aliphatic rings. The summed E-state index contributed by atoms with van der Waals surface area (Å²) in [5.41, 5.74) is 2.64. The predicted octanol–water partition coefficient (Wildman–Crippen LogP) is 5.95. The number of carbonyl (C=O) groups excluding carboxylic acids is 2. The number of hydrogen-bond donors (Lipinski definition) is 0. The van der Waals surface area contributed by atoms with E-state index < -0.39 is 0 Å². The molecule has 2 saturated heterocycles. The standard InChI is InChI=1S/C33H41ClN4O5/c1-23-12-13-37(26-10-11-29(41-2)30(19-26)43-16-4-5-24-8-9-24)33(40)38(23)20-25-6-3-7-28-32(25)27(34)21-36(28)22-31(39)35-14-17-42-18-15-35/h3,6-7,10-11,19,21,23-24H,4-5,8-9,12-18,20,22H2,1-2H3/t23-/m0/s1. The van der Waals surface area contributed by atoms with Gasteiger partial charge in [0.15, 0.2) is 11.5 Å². The highest BCUT2D eigenvalue weighted by Gasteiger charge is 2.33. The second-order valence-corrected chi connectivity index (χ2v) is 12.3. The molecule has 230 valence electrons. The van der Waals surface area contributed by atoms with Gasteiger partial charge in [-0.1, -0.05) is 36.6 Å². The number of rotatable bonds is 11. The molecular formula is C33H41ClN4O5. The second-order valence-electron chi connectivity index (χ2n) is 11.9. The summed E-state index contributed by atoms with van der Waals surface area (Å²) in [5, 5.41) is 1.45. The maximum Gasteiger partial charge on any atom is 0.325 e. The number of ether oxygens (including phenoxy) is 3. The second kappa shape index (κ2) is 13.1. The summed E-state index contributed by atoms with van der Waals surface area (Å²) < 4.78 is 19.0. The van der Waals surface area contributed by atoms with Crippen molar-refractivity contribution in [2.45, 2.75) is 58.2 Å². The Bertz CT molecular complexity index is 1460. The zero-order chi connectivity index (χ0) is 29.9. The van der Waals surface area contributed by atoms with Gasteiger partial charge in [-0.2, -0.15) is 0 Å². The average Bonchev–Trinajstić information content (AvgIpc) is 3.80. The van der Waals surface area contributed by atoms with Crippen molar-refractivity contribution in [3.05, 3.63) is 53.2 Å². The fourth-order valence-corrected chi connectivity index (χ4v) is 6.49. The van der Waals surface area contributed by atoms with Gasteiger partial charge in [-0.15, -0.1) is 0 Å². The first-order chi connectivity index (χ1) is 20.9. The highest BCUT2D eigenvalue weighted by molar-refractivity contribution is 6.36. The molecule has 2 aromatic carbocycles. The molecule has 3 amide bonds. The lowest BCUT2D eigenvalue weighted by Crippen LogP contribution is -2.53. The van der Waals surface area contributed by atoms with Crippen molar-refractivity contribution in [3.8, 4) is 11.5 Å². The van der Waals surface area contributed by atoms with E-state index in [1.807, 2.05) is 61.9 Å². The number of aromatic nitrogens is 1. The molecule has 1 atom stereocenters. The first kappa shape index (κ1) is 29.6. The molecule has 43 heavy (non-hydrogen) atoms. The number of halogens is 1. The number of nitrogens with zero attached hydrogens (tertiary/aromatic N) is 4. The molecule has 3 aromatic rings. The minimum absolute atomic E-state index is 0.0449. The third-order valence-electron chi connectivity index (χ3n) is 8.91. The van der Waals surface area contributed by atoms with E-state index in [2.05, 4.69) is 6.92 Å². The van der Waals surface area contributed by atoms with Crippen molar-refractivity contribution in [2.75, 3.05) is 51.5 Å². The van der Waals surface area contributed by atoms with Crippen molar-refractivity contribution in [2.24, 2.45) is 5.92 Å². The number of benzene rings is 2. The van der Waals surface area contributed by atoms with Crippen LogP contribution >= 0.6 is 11.6 Å². The van der Waals surface area contributed by atoms with E-state index in [0.29, 0.717) is 62.5 Å². The van der Waals surface area contributed by atoms with Crippen molar-refractivity contribution in [3.63, 3.8) is 0 Å². The molecule has 3 fully saturated rings. The maximum atomic E-state index is 14.0. The van der Waals surface area contributed by atoms with Gasteiger partial charge >= 0.3 is 6.03 Å². The van der Waals surface area contributed by atoms with Crippen molar-refractivity contribution >= 4 is 40.1 Å². The number of carbonyl (C=O) groups is 2.